The zero-order valence-electron chi connectivity index (χ0n) is 10.8. The maximum Gasteiger partial charge on any atom is 0.303 e. The van der Waals surface area contributed by atoms with Crippen LogP contribution in [0.2, 0.25) is 0 Å². The molecule has 1 aromatic rings. The first-order valence-electron chi connectivity index (χ1n) is 6.04. The molecule has 1 aromatic carbocycles. The van der Waals surface area contributed by atoms with Gasteiger partial charge in [0.25, 0.3) is 0 Å². The van der Waals surface area contributed by atoms with Gasteiger partial charge in [-0.3, -0.25) is 4.79 Å². The summed E-state index contributed by atoms with van der Waals surface area (Å²) < 4.78 is 29.0. The van der Waals surface area contributed by atoms with Crippen molar-refractivity contribution < 1.29 is 23.1 Å². The molecule has 0 spiro atoms. The Hall–Kier alpha value is -1.56. The fourth-order valence-corrected chi connectivity index (χ4v) is 3.06. The predicted octanol–water partition coefficient (Wildman–Crippen LogP) is 2.11. The molecule has 0 fully saturated rings. The van der Waals surface area contributed by atoms with E-state index in [-0.39, 0.29) is 17.1 Å². The van der Waals surface area contributed by atoms with Crippen molar-refractivity contribution >= 4 is 15.8 Å². The maximum absolute atomic E-state index is 12.0. The van der Waals surface area contributed by atoms with Crippen LogP contribution in [0.3, 0.4) is 0 Å². The number of ether oxygens (including phenoxy) is 1. The van der Waals surface area contributed by atoms with E-state index in [1.54, 1.807) is 12.1 Å². The van der Waals surface area contributed by atoms with E-state index in [1.807, 2.05) is 0 Å². The first-order valence-corrected chi connectivity index (χ1v) is 7.69. The minimum absolute atomic E-state index is 0.0276. The van der Waals surface area contributed by atoms with Crippen molar-refractivity contribution in [1.29, 1.82) is 0 Å². The number of rotatable bonds is 8. The summed E-state index contributed by atoms with van der Waals surface area (Å²) in [5.41, 5.74) is 0. The van der Waals surface area contributed by atoms with Gasteiger partial charge in [-0.1, -0.05) is 12.5 Å². The number of methoxy groups -OCH3 is 1. The lowest BCUT2D eigenvalue weighted by atomic mass is 10.2. The third-order valence-electron chi connectivity index (χ3n) is 2.70. The summed E-state index contributed by atoms with van der Waals surface area (Å²) in [6, 6.07) is 6.35. The third-order valence-corrected chi connectivity index (χ3v) is 4.50. The molecule has 1 N–H and O–H groups in total. The zero-order chi connectivity index (χ0) is 14.3. The lowest BCUT2D eigenvalue weighted by molar-refractivity contribution is -0.137. The molecular formula is C13H18O5S. The number of carbonyl (C=O) groups is 1. The van der Waals surface area contributed by atoms with Gasteiger partial charge < -0.3 is 9.84 Å². The van der Waals surface area contributed by atoms with Crippen molar-refractivity contribution in [3.63, 3.8) is 0 Å². The number of hydrogen-bond acceptors (Lipinski definition) is 4. The van der Waals surface area contributed by atoms with Gasteiger partial charge in [-0.25, -0.2) is 8.42 Å². The fraction of sp³-hybridized carbons (Fsp3) is 0.462. The molecule has 0 saturated heterocycles. The molecule has 0 aliphatic heterocycles. The van der Waals surface area contributed by atoms with Crippen LogP contribution in [0, 0.1) is 0 Å². The molecule has 106 valence electrons. The zero-order valence-corrected chi connectivity index (χ0v) is 11.6. The highest BCUT2D eigenvalue weighted by molar-refractivity contribution is 7.91. The molecule has 0 aliphatic carbocycles. The maximum atomic E-state index is 12.0. The fourth-order valence-electron chi connectivity index (χ4n) is 1.66. The van der Waals surface area contributed by atoms with Crippen molar-refractivity contribution in [3.05, 3.63) is 24.3 Å². The van der Waals surface area contributed by atoms with E-state index in [2.05, 4.69) is 0 Å². The van der Waals surface area contributed by atoms with Gasteiger partial charge in [0, 0.05) is 6.42 Å². The Morgan fingerprint density at radius 3 is 2.63 bits per heavy atom. The molecule has 19 heavy (non-hydrogen) atoms. The summed E-state index contributed by atoms with van der Waals surface area (Å²) in [6.45, 7) is 0. The molecular weight excluding hydrogens is 268 g/mol. The smallest absolute Gasteiger partial charge is 0.303 e. The summed E-state index contributed by atoms with van der Waals surface area (Å²) >= 11 is 0. The first kappa shape index (κ1) is 15.5. The van der Waals surface area contributed by atoms with E-state index in [9.17, 15) is 13.2 Å². The Kier molecular flexibility index (Phi) is 5.82. The van der Waals surface area contributed by atoms with Crippen LogP contribution in [0.5, 0.6) is 5.75 Å². The van der Waals surface area contributed by atoms with E-state index in [0.717, 1.165) is 0 Å². The van der Waals surface area contributed by atoms with E-state index < -0.39 is 15.8 Å². The van der Waals surface area contributed by atoms with Crippen LogP contribution >= 0.6 is 0 Å². The van der Waals surface area contributed by atoms with E-state index >= 15 is 0 Å². The molecule has 0 unspecified atom stereocenters. The molecule has 0 saturated carbocycles. The quantitative estimate of drug-likeness (QED) is 0.740. The van der Waals surface area contributed by atoms with Gasteiger partial charge in [0.05, 0.1) is 17.8 Å². The minimum atomic E-state index is -3.32. The van der Waals surface area contributed by atoms with Gasteiger partial charge in [-0.05, 0) is 31.0 Å². The van der Waals surface area contributed by atoms with Crippen LogP contribution in [-0.2, 0) is 14.6 Å². The molecule has 0 aromatic heterocycles. The molecule has 6 heteroatoms. The molecule has 0 amide bonds. The van der Waals surface area contributed by atoms with Crippen molar-refractivity contribution in [1.82, 2.24) is 0 Å². The van der Waals surface area contributed by atoms with Gasteiger partial charge in [-0.2, -0.15) is 0 Å². The topological polar surface area (TPSA) is 80.7 Å². The molecule has 0 aliphatic rings. The first-order chi connectivity index (χ1) is 8.95. The highest BCUT2D eigenvalue weighted by Crippen LogP contribution is 2.19. The molecule has 1 rings (SSSR count). The molecule has 0 atom stereocenters. The Morgan fingerprint density at radius 2 is 2.00 bits per heavy atom. The van der Waals surface area contributed by atoms with Crippen LogP contribution in [0.4, 0.5) is 0 Å². The molecule has 0 bridgehead atoms. The third kappa shape index (κ3) is 5.30. The summed E-state index contributed by atoms with van der Waals surface area (Å²) in [7, 11) is -1.84. The Bertz CT molecular complexity index is 522. The van der Waals surface area contributed by atoms with Crippen molar-refractivity contribution in [2.24, 2.45) is 0 Å². The van der Waals surface area contributed by atoms with Crippen LogP contribution in [0.25, 0.3) is 0 Å². The van der Waals surface area contributed by atoms with Gasteiger partial charge in [0.2, 0.25) is 0 Å². The van der Waals surface area contributed by atoms with Gasteiger partial charge >= 0.3 is 5.97 Å². The number of sulfone groups is 1. The second kappa shape index (κ2) is 7.13. The van der Waals surface area contributed by atoms with Crippen molar-refractivity contribution in [2.45, 2.75) is 30.6 Å². The standard InChI is InChI=1S/C13H18O5S/c1-18-11-6-5-7-12(10-11)19(16,17)9-4-2-3-8-13(14)15/h5-7,10H,2-4,8-9H2,1H3,(H,14,15). The van der Waals surface area contributed by atoms with Crippen molar-refractivity contribution in [3.8, 4) is 5.75 Å². The molecule has 5 nitrogen and oxygen atoms in total. The summed E-state index contributed by atoms with van der Waals surface area (Å²) in [4.78, 5) is 10.6. The summed E-state index contributed by atoms with van der Waals surface area (Å²) in [6.07, 6.45) is 1.64. The minimum Gasteiger partial charge on any atom is -0.497 e. The summed E-state index contributed by atoms with van der Waals surface area (Å²) in [5, 5.41) is 8.48. The van der Waals surface area contributed by atoms with Crippen molar-refractivity contribution in [2.75, 3.05) is 12.9 Å². The highest BCUT2D eigenvalue weighted by atomic mass is 32.2. The Morgan fingerprint density at radius 1 is 1.26 bits per heavy atom. The molecule has 0 heterocycles. The lowest BCUT2D eigenvalue weighted by Crippen LogP contribution is -2.07. The average molecular weight is 286 g/mol. The van der Waals surface area contributed by atoms with Gasteiger partial charge in [0.15, 0.2) is 9.84 Å². The molecule has 0 radical (unpaired) electrons. The van der Waals surface area contributed by atoms with Crippen LogP contribution in [0.1, 0.15) is 25.7 Å². The van der Waals surface area contributed by atoms with Crippen LogP contribution in [-0.4, -0.2) is 32.4 Å². The Balaban J connectivity index is 2.53. The second-order valence-electron chi connectivity index (χ2n) is 4.20. The number of carboxylic acids is 1. The van der Waals surface area contributed by atoms with Gasteiger partial charge in [0.1, 0.15) is 5.75 Å². The summed E-state index contributed by atoms with van der Waals surface area (Å²) in [5.74, 6) is -0.317. The number of carboxylic acid groups (broad SMARTS) is 1. The average Bonchev–Trinajstić information content (AvgIpc) is 2.38. The monoisotopic (exact) mass is 286 g/mol. The second-order valence-corrected chi connectivity index (χ2v) is 6.31. The van der Waals surface area contributed by atoms with Crippen LogP contribution in [0.15, 0.2) is 29.2 Å². The predicted molar refractivity (Wildman–Crippen MR) is 71.2 cm³/mol. The van der Waals surface area contributed by atoms with Crippen LogP contribution < -0.4 is 4.74 Å². The van der Waals surface area contributed by atoms with E-state index in [1.165, 1.54) is 19.2 Å². The number of hydrogen-bond donors (Lipinski definition) is 1. The number of unbranched alkanes of at least 4 members (excludes halogenated alkanes) is 2. The van der Waals surface area contributed by atoms with E-state index in [0.29, 0.717) is 25.0 Å². The van der Waals surface area contributed by atoms with Gasteiger partial charge in [-0.15, -0.1) is 0 Å². The Labute approximate surface area is 113 Å². The number of benzene rings is 1. The van der Waals surface area contributed by atoms with E-state index in [4.69, 9.17) is 9.84 Å². The lowest BCUT2D eigenvalue weighted by Gasteiger charge is -2.06. The number of aliphatic carboxylic acids is 1. The normalized spacial score (nSPS) is 11.2. The highest BCUT2D eigenvalue weighted by Gasteiger charge is 2.14. The SMILES string of the molecule is COc1cccc(S(=O)(=O)CCCCCC(=O)O)c1. The largest absolute Gasteiger partial charge is 0.497 e.